The lowest BCUT2D eigenvalue weighted by molar-refractivity contribution is -0.385. The zero-order valence-electron chi connectivity index (χ0n) is 16.6. The molecule has 0 atom stereocenters. The van der Waals surface area contributed by atoms with Crippen LogP contribution in [0.15, 0.2) is 35.2 Å². The predicted octanol–water partition coefficient (Wildman–Crippen LogP) is 3.80. The van der Waals surface area contributed by atoms with Crippen molar-refractivity contribution in [1.29, 1.82) is 0 Å². The van der Waals surface area contributed by atoms with Crippen molar-refractivity contribution < 1.29 is 24.0 Å². The highest BCUT2D eigenvalue weighted by Crippen LogP contribution is 2.32. The molecule has 0 radical (unpaired) electrons. The lowest BCUT2D eigenvalue weighted by Crippen LogP contribution is -2.22. The number of thioether (sulfide) groups is 1. The van der Waals surface area contributed by atoms with E-state index in [1.807, 2.05) is 32.0 Å². The fraction of sp³-hybridized carbons (Fsp3) is 0.300. The minimum absolute atomic E-state index is 0.0256. The molecule has 154 valence electrons. The summed E-state index contributed by atoms with van der Waals surface area (Å²) in [7, 11) is 1.30. The van der Waals surface area contributed by atoms with Crippen molar-refractivity contribution in [3.05, 3.63) is 57.1 Å². The third-order valence-electron chi connectivity index (χ3n) is 4.20. The van der Waals surface area contributed by atoms with Gasteiger partial charge in [-0.2, -0.15) is 0 Å². The number of carbonyl (C=O) groups is 2. The molecular formula is C20H22N2O6S. The Morgan fingerprint density at radius 2 is 1.83 bits per heavy atom. The van der Waals surface area contributed by atoms with Crippen LogP contribution in [0.5, 0.6) is 5.75 Å². The lowest BCUT2D eigenvalue weighted by Gasteiger charge is -2.11. The van der Waals surface area contributed by atoms with Crippen molar-refractivity contribution in [3.63, 3.8) is 0 Å². The normalized spacial score (nSPS) is 10.3. The van der Waals surface area contributed by atoms with E-state index in [2.05, 4.69) is 5.32 Å². The summed E-state index contributed by atoms with van der Waals surface area (Å²) >= 11 is 1.33. The quantitative estimate of drug-likeness (QED) is 0.301. The highest BCUT2D eigenvalue weighted by atomic mass is 32.2. The van der Waals surface area contributed by atoms with Crippen LogP contribution in [0.1, 0.15) is 16.7 Å². The van der Waals surface area contributed by atoms with Crippen molar-refractivity contribution in [3.8, 4) is 5.75 Å². The van der Waals surface area contributed by atoms with Gasteiger partial charge in [0.05, 0.1) is 17.8 Å². The summed E-state index contributed by atoms with van der Waals surface area (Å²) in [6, 6.07) is 8.57. The van der Waals surface area contributed by atoms with E-state index in [1.165, 1.54) is 36.6 Å². The van der Waals surface area contributed by atoms with E-state index in [1.54, 1.807) is 6.92 Å². The SMILES string of the molecule is COc1cc(NC(=O)COC(=O)CSc2ccc(C)c(C)c2)c(C)cc1[N+](=O)[O-]. The third kappa shape index (κ3) is 6.21. The molecule has 0 unspecified atom stereocenters. The van der Waals surface area contributed by atoms with Crippen LogP contribution in [-0.4, -0.2) is 36.3 Å². The number of aryl methyl sites for hydroxylation is 3. The topological polar surface area (TPSA) is 108 Å². The van der Waals surface area contributed by atoms with Gasteiger partial charge in [0.25, 0.3) is 5.91 Å². The summed E-state index contributed by atoms with van der Waals surface area (Å²) in [5.74, 6) is -0.951. The van der Waals surface area contributed by atoms with Gasteiger partial charge in [0.15, 0.2) is 12.4 Å². The molecule has 9 heteroatoms. The van der Waals surface area contributed by atoms with Crippen molar-refractivity contribution in [2.45, 2.75) is 25.7 Å². The van der Waals surface area contributed by atoms with Crippen LogP contribution < -0.4 is 10.1 Å². The molecule has 2 aromatic carbocycles. The molecule has 0 aliphatic heterocycles. The van der Waals surface area contributed by atoms with Crippen LogP contribution in [0.4, 0.5) is 11.4 Å². The van der Waals surface area contributed by atoms with E-state index in [0.717, 1.165) is 10.5 Å². The summed E-state index contributed by atoms with van der Waals surface area (Å²) < 4.78 is 9.99. The molecule has 0 fully saturated rings. The zero-order valence-corrected chi connectivity index (χ0v) is 17.4. The van der Waals surface area contributed by atoms with Crippen LogP contribution in [0.25, 0.3) is 0 Å². The molecule has 0 aliphatic carbocycles. The van der Waals surface area contributed by atoms with Gasteiger partial charge in [-0.15, -0.1) is 11.8 Å². The number of hydrogen-bond acceptors (Lipinski definition) is 7. The van der Waals surface area contributed by atoms with Crippen LogP contribution in [0.2, 0.25) is 0 Å². The van der Waals surface area contributed by atoms with Gasteiger partial charge in [-0.3, -0.25) is 19.7 Å². The van der Waals surface area contributed by atoms with Gasteiger partial charge >= 0.3 is 11.7 Å². The summed E-state index contributed by atoms with van der Waals surface area (Å²) in [4.78, 5) is 35.4. The second-order valence-corrected chi connectivity index (χ2v) is 7.39. The van der Waals surface area contributed by atoms with Gasteiger partial charge < -0.3 is 14.8 Å². The number of ether oxygens (including phenoxy) is 2. The highest BCUT2D eigenvalue weighted by molar-refractivity contribution is 8.00. The molecule has 0 spiro atoms. The maximum absolute atomic E-state index is 12.1. The van der Waals surface area contributed by atoms with Crippen molar-refractivity contribution in [2.75, 3.05) is 24.8 Å². The van der Waals surface area contributed by atoms with Crippen LogP contribution in [-0.2, 0) is 14.3 Å². The first-order chi connectivity index (χ1) is 13.7. The maximum atomic E-state index is 12.1. The number of methoxy groups -OCH3 is 1. The minimum Gasteiger partial charge on any atom is -0.490 e. The van der Waals surface area contributed by atoms with Gasteiger partial charge in [-0.1, -0.05) is 6.07 Å². The van der Waals surface area contributed by atoms with Crippen molar-refractivity contribution in [2.24, 2.45) is 0 Å². The molecular weight excluding hydrogens is 396 g/mol. The summed E-state index contributed by atoms with van der Waals surface area (Å²) in [5.41, 5.74) is 2.95. The first kappa shape index (κ1) is 22.2. The first-order valence-corrected chi connectivity index (χ1v) is 9.68. The average molecular weight is 418 g/mol. The van der Waals surface area contributed by atoms with E-state index in [9.17, 15) is 19.7 Å². The molecule has 0 saturated carbocycles. The van der Waals surface area contributed by atoms with Crippen LogP contribution >= 0.6 is 11.8 Å². The van der Waals surface area contributed by atoms with Gasteiger partial charge in [0.2, 0.25) is 0 Å². The standard InChI is InChI=1S/C20H22N2O6S/c1-12-5-6-15(7-13(12)2)29-11-20(24)28-10-19(23)21-16-9-18(27-4)17(22(25)26)8-14(16)3/h5-9H,10-11H2,1-4H3,(H,21,23). The van der Waals surface area contributed by atoms with E-state index in [0.29, 0.717) is 11.3 Å². The smallest absolute Gasteiger partial charge is 0.316 e. The predicted molar refractivity (Wildman–Crippen MR) is 111 cm³/mol. The number of hydrogen-bond donors (Lipinski definition) is 1. The largest absolute Gasteiger partial charge is 0.490 e. The molecule has 0 aromatic heterocycles. The van der Waals surface area contributed by atoms with Crippen molar-refractivity contribution >= 4 is 35.0 Å². The number of nitrogens with one attached hydrogen (secondary N) is 1. The Morgan fingerprint density at radius 3 is 2.45 bits per heavy atom. The van der Waals surface area contributed by atoms with Crippen LogP contribution in [0, 0.1) is 30.9 Å². The molecule has 8 nitrogen and oxygen atoms in total. The van der Waals surface area contributed by atoms with Crippen molar-refractivity contribution in [1.82, 2.24) is 0 Å². The highest BCUT2D eigenvalue weighted by Gasteiger charge is 2.18. The lowest BCUT2D eigenvalue weighted by atomic mass is 10.1. The average Bonchev–Trinajstić information content (AvgIpc) is 2.68. The Balaban J connectivity index is 1.88. The zero-order chi connectivity index (χ0) is 21.6. The third-order valence-corrected chi connectivity index (χ3v) is 5.16. The van der Waals surface area contributed by atoms with Gasteiger partial charge in [-0.25, -0.2) is 0 Å². The van der Waals surface area contributed by atoms with E-state index >= 15 is 0 Å². The van der Waals surface area contributed by atoms with Gasteiger partial charge in [-0.05, 0) is 49.6 Å². The molecule has 2 rings (SSSR count). The number of rotatable bonds is 8. The molecule has 0 saturated heterocycles. The minimum atomic E-state index is -0.563. The molecule has 0 bridgehead atoms. The summed E-state index contributed by atoms with van der Waals surface area (Å²) in [6.45, 7) is 5.18. The second-order valence-electron chi connectivity index (χ2n) is 6.34. The fourth-order valence-electron chi connectivity index (χ4n) is 2.43. The monoisotopic (exact) mass is 418 g/mol. The maximum Gasteiger partial charge on any atom is 0.316 e. The molecule has 1 amide bonds. The number of amides is 1. The Labute approximate surface area is 172 Å². The molecule has 29 heavy (non-hydrogen) atoms. The molecule has 0 heterocycles. The van der Waals surface area contributed by atoms with E-state index in [-0.39, 0.29) is 17.2 Å². The Kier molecular flexibility index (Phi) is 7.60. The number of nitrogens with zero attached hydrogens (tertiary/aromatic N) is 1. The number of benzene rings is 2. The first-order valence-electron chi connectivity index (χ1n) is 8.69. The molecule has 1 N–H and O–H groups in total. The van der Waals surface area contributed by atoms with E-state index < -0.39 is 23.4 Å². The number of carbonyl (C=O) groups excluding carboxylic acids is 2. The summed E-state index contributed by atoms with van der Waals surface area (Å²) in [6.07, 6.45) is 0. The fourth-order valence-corrected chi connectivity index (χ4v) is 3.23. The molecule has 0 aliphatic rings. The van der Waals surface area contributed by atoms with Gasteiger partial charge in [0, 0.05) is 22.7 Å². The second kappa shape index (κ2) is 9.92. The molecule has 2 aromatic rings. The van der Waals surface area contributed by atoms with Crippen LogP contribution in [0.3, 0.4) is 0 Å². The van der Waals surface area contributed by atoms with Gasteiger partial charge in [0.1, 0.15) is 0 Å². The Bertz CT molecular complexity index is 945. The number of esters is 1. The Hall–Kier alpha value is -3.07. The summed E-state index contributed by atoms with van der Waals surface area (Å²) in [5, 5.41) is 13.6. The Morgan fingerprint density at radius 1 is 1.10 bits per heavy atom. The number of nitro groups is 1. The number of anilines is 1. The number of nitro benzene ring substituents is 1. The van der Waals surface area contributed by atoms with E-state index in [4.69, 9.17) is 9.47 Å².